The molecule has 1 unspecified atom stereocenters. The van der Waals surface area contributed by atoms with Crippen molar-refractivity contribution in [2.24, 2.45) is 0 Å². The quantitative estimate of drug-likeness (QED) is 0.784. The first kappa shape index (κ1) is 13.0. The molecule has 90 valence electrons. The lowest BCUT2D eigenvalue weighted by Gasteiger charge is -2.14. The molecular weight excluding hydrogens is 216 g/mol. The summed E-state index contributed by atoms with van der Waals surface area (Å²) < 4.78 is 0. The third-order valence-corrected chi connectivity index (χ3v) is 2.26. The average Bonchev–Trinajstić information content (AvgIpc) is 2.29. The molecule has 1 aromatic rings. The van der Waals surface area contributed by atoms with Gasteiger partial charge in [-0.25, -0.2) is 4.79 Å². The second-order valence-corrected chi connectivity index (χ2v) is 3.84. The molecule has 0 aliphatic rings. The molecule has 0 bridgehead atoms. The number of benzene rings is 1. The zero-order chi connectivity index (χ0) is 12.8. The molecule has 17 heavy (non-hydrogen) atoms. The molecule has 1 rings (SSSR count). The summed E-state index contributed by atoms with van der Waals surface area (Å²) in [5.41, 5.74) is 1.28. The summed E-state index contributed by atoms with van der Waals surface area (Å²) in [5, 5.41) is 4.86. The summed E-state index contributed by atoms with van der Waals surface area (Å²) in [6, 6.07) is 8.83. The lowest BCUT2D eigenvalue weighted by Crippen LogP contribution is -2.40. The van der Waals surface area contributed by atoms with Crippen LogP contribution >= 0.6 is 0 Å². The molecule has 4 heteroatoms. The van der Waals surface area contributed by atoms with Crippen molar-refractivity contribution < 1.29 is 9.59 Å². The highest BCUT2D eigenvalue weighted by molar-refractivity contribution is 6.03. The van der Waals surface area contributed by atoms with Crippen LogP contribution in [0.25, 0.3) is 0 Å². The summed E-state index contributed by atoms with van der Waals surface area (Å²) >= 11 is 0. The van der Waals surface area contributed by atoms with Crippen molar-refractivity contribution in [1.82, 2.24) is 10.6 Å². The minimum atomic E-state index is -0.519. The molecule has 1 atom stereocenters. The zero-order valence-electron chi connectivity index (χ0n) is 9.99. The van der Waals surface area contributed by atoms with E-state index < -0.39 is 11.9 Å². The second kappa shape index (κ2) is 5.84. The molecule has 1 aromatic carbocycles. The predicted octanol–water partition coefficient (Wildman–Crippen LogP) is 2.15. The number of imide groups is 1. The van der Waals surface area contributed by atoms with Gasteiger partial charge in [0.25, 0.3) is 5.91 Å². The van der Waals surface area contributed by atoms with E-state index in [9.17, 15) is 9.59 Å². The normalized spacial score (nSPS) is 11.4. The number of rotatable bonds is 3. The standard InChI is InChI=1S/C13H16N2O2/c1-9(2)12(16)15-13(17)14-10(3)11-7-5-4-6-8-11/h4-8,10H,1H2,2-3H3,(H2,14,15,16,17). The number of hydrogen-bond donors (Lipinski definition) is 2. The van der Waals surface area contributed by atoms with Crippen LogP contribution in [0.3, 0.4) is 0 Å². The van der Waals surface area contributed by atoms with Crippen LogP contribution in [0.15, 0.2) is 42.5 Å². The van der Waals surface area contributed by atoms with Crippen molar-refractivity contribution in [3.05, 3.63) is 48.0 Å². The molecule has 0 aliphatic heterocycles. The summed E-state index contributed by atoms with van der Waals surface area (Å²) in [4.78, 5) is 22.7. The van der Waals surface area contributed by atoms with Gasteiger partial charge in [-0.3, -0.25) is 10.1 Å². The molecule has 3 amide bonds. The summed E-state index contributed by atoms with van der Waals surface area (Å²) in [6.07, 6.45) is 0. The molecule has 0 spiro atoms. The van der Waals surface area contributed by atoms with Crippen LogP contribution in [0.2, 0.25) is 0 Å². The molecule has 0 aliphatic carbocycles. The summed E-state index contributed by atoms with van der Waals surface area (Å²) in [6.45, 7) is 6.85. The van der Waals surface area contributed by atoms with Gasteiger partial charge in [-0.15, -0.1) is 0 Å². The molecule has 0 aromatic heterocycles. The number of hydrogen-bond acceptors (Lipinski definition) is 2. The van der Waals surface area contributed by atoms with Crippen LogP contribution in [0.5, 0.6) is 0 Å². The van der Waals surface area contributed by atoms with E-state index in [0.717, 1.165) is 5.56 Å². The number of nitrogens with one attached hydrogen (secondary N) is 2. The van der Waals surface area contributed by atoms with Crippen LogP contribution in [-0.2, 0) is 4.79 Å². The lowest BCUT2D eigenvalue weighted by molar-refractivity contribution is -0.116. The van der Waals surface area contributed by atoms with Crippen molar-refractivity contribution in [3.8, 4) is 0 Å². The highest BCUT2D eigenvalue weighted by atomic mass is 16.2. The Bertz CT molecular complexity index is 426. The fraction of sp³-hybridized carbons (Fsp3) is 0.231. The minimum absolute atomic E-state index is 0.158. The monoisotopic (exact) mass is 232 g/mol. The third-order valence-electron chi connectivity index (χ3n) is 2.26. The first-order chi connectivity index (χ1) is 8.00. The Kier molecular flexibility index (Phi) is 4.46. The Labute approximate surface area is 101 Å². The van der Waals surface area contributed by atoms with Gasteiger partial charge in [-0.2, -0.15) is 0 Å². The topological polar surface area (TPSA) is 58.2 Å². The number of carbonyl (C=O) groups excluding carboxylic acids is 2. The molecule has 0 saturated heterocycles. The molecule has 4 nitrogen and oxygen atoms in total. The van der Waals surface area contributed by atoms with Crippen LogP contribution in [-0.4, -0.2) is 11.9 Å². The predicted molar refractivity (Wildman–Crippen MR) is 66.3 cm³/mol. The van der Waals surface area contributed by atoms with Gasteiger partial charge in [0.1, 0.15) is 0 Å². The van der Waals surface area contributed by atoms with E-state index in [1.165, 1.54) is 0 Å². The number of carbonyl (C=O) groups is 2. The van der Waals surface area contributed by atoms with Gasteiger partial charge in [-0.05, 0) is 19.4 Å². The van der Waals surface area contributed by atoms with Crippen LogP contribution < -0.4 is 10.6 Å². The molecule has 0 heterocycles. The Balaban J connectivity index is 2.52. The Hall–Kier alpha value is -2.10. The summed E-state index contributed by atoms with van der Waals surface area (Å²) in [7, 11) is 0. The van der Waals surface area contributed by atoms with Crippen molar-refractivity contribution in [2.45, 2.75) is 19.9 Å². The molecule has 0 radical (unpaired) electrons. The smallest absolute Gasteiger partial charge is 0.322 e. The largest absolute Gasteiger partial charge is 0.331 e. The van der Waals surface area contributed by atoms with Crippen molar-refractivity contribution in [3.63, 3.8) is 0 Å². The van der Waals surface area contributed by atoms with Gasteiger partial charge in [0.05, 0.1) is 6.04 Å². The lowest BCUT2D eigenvalue weighted by atomic mass is 10.1. The Morgan fingerprint density at radius 1 is 1.24 bits per heavy atom. The maximum absolute atomic E-state index is 11.5. The van der Waals surface area contributed by atoms with Gasteiger partial charge in [0, 0.05) is 5.57 Å². The van der Waals surface area contributed by atoms with E-state index >= 15 is 0 Å². The van der Waals surface area contributed by atoms with Gasteiger partial charge < -0.3 is 5.32 Å². The fourth-order valence-corrected chi connectivity index (χ4v) is 1.27. The summed E-state index contributed by atoms with van der Waals surface area (Å²) in [5.74, 6) is -0.470. The Morgan fingerprint density at radius 2 is 1.82 bits per heavy atom. The minimum Gasteiger partial charge on any atom is -0.331 e. The van der Waals surface area contributed by atoms with Crippen LogP contribution in [0.1, 0.15) is 25.5 Å². The first-order valence-corrected chi connectivity index (χ1v) is 5.33. The van der Waals surface area contributed by atoms with Crippen molar-refractivity contribution in [2.75, 3.05) is 0 Å². The van der Waals surface area contributed by atoms with Crippen molar-refractivity contribution >= 4 is 11.9 Å². The molecule has 0 saturated carbocycles. The highest BCUT2D eigenvalue weighted by Gasteiger charge is 2.11. The number of urea groups is 1. The van der Waals surface area contributed by atoms with Gasteiger partial charge in [0.2, 0.25) is 0 Å². The number of amides is 3. The SMILES string of the molecule is C=C(C)C(=O)NC(=O)NC(C)c1ccccc1. The average molecular weight is 232 g/mol. The maximum Gasteiger partial charge on any atom is 0.322 e. The van der Waals surface area contributed by atoms with Gasteiger partial charge >= 0.3 is 6.03 Å². The first-order valence-electron chi connectivity index (χ1n) is 5.33. The van der Waals surface area contributed by atoms with E-state index in [0.29, 0.717) is 5.57 Å². The van der Waals surface area contributed by atoms with E-state index in [1.807, 2.05) is 37.3 Å². The van der Waals surface area contributed by atoms with Gasteiger partial charge in [-0.1, -0.05) is 36.9 Å². The zero-order valence-corrected chi connectivity index (χ0v) is 9.99. The van der Waals surface area contributed by atoms with E-state index in [-0.39, 0.29) is 6.04 Å². The molecule has 0 fully saturated rings. The molecular formula is C13H16N2O2. The second-order valence-electron chi connectivity index (χ2n) is 3.84. The van der Waals surface area contributed by atoms with E-state index in [1.54, 1.807) is 6.92 Å². The van der Waals surface area contributed by atoms with Gasteiger partial charge in [0.15, 0.2) is 0 Å². The highest BCUT2D eigenvalue weighted by Crippen LogP contribution is 2.10. The third kappa shape index (κ3) is 4.10. The van der Waals surface area contributed by atoms with E-state index in [2.05, 4.69) is 17.2 Å². The van der Waals surface area contributed by atoms with Crippen molar-refractivity contribution in [1.29, 1.82) is 0 Å². The Morgan fingerprint density at radius 3 is 2.35 bits per heavy atom. The maximum atomic E-state index is 11.5. The molecule has 2 N–H and O–H groups in total. The van der Waals surface area contributed by atoms with E-state index in [4.69, 9.17) is 0 Å². The van der Waals surface area contributed by atoms with Crippen LogP contribution in [0, 0.1) is 0 Å². The fourth-order valence-electron chi connectivity index (χ4n) is 1.27. The van der Waals surface area contributed by atoms with Crippen LogP contribution in [0.4, 0.5) is 4.79 Å².